The summed E-state index contributed by atoms with van der Waals surface area (Å²) in [5, 5.41) is 8.44. The van der Waals surface area contributed by atoms with Crippen LogP contribution < -0.4 is 0 Å². The molecule has 18 heavy (non-hydrogen) atoms. The number of fused-ring (bicyclic) bond motifs is 1. The second-order valence-corrected chi connectivity index (χ2v) is 4.70. The van der Waals surface area contributed by atoms with Crippen LogP contribution in [-0.2, 0) is 0 Å². The second kappa shape index (κ2) is 4.49. The molecule has 0 N–H and O–H groups in total. The van der Waals surface area contributed by atoms with E-state index in [4.69, 9.17) is 0 Å². The van der Waals surface area contributed by atoms with Gasteiger partial charge >= 0.3 is 0 Å². The number of aromatic nitrogens is 3. The molecule has 5 nitrogen and oxygen atoms in total. The first kappa shape index (κ1) is 11.3. The zero-order valence-corrected chi connectivity index (χ0v) is 10.4. The lowest BCUT2D eigenvalue weighted by Gasteiger charge is -2.12. The molecule has 0 aromatic carbocycles. The Hall–Kier alpha value is -1.75. The summed E-state index contributed by atoms with van der Waals surface area (Å²) in [6, 6.07) is 5.53. The van der Waals surface area contributed by atoms with Crippen LogP contribution >= 0.6 is 0 Å². The van der Waals surface area contributed by atoms with Crippen molar-refractivity contribution in [1.82, 2.24) is 19.5 Å². The molecule has 94 valence electrons. The Bertz CT molecular complexity index is 577. The van der Waals surface area contributed by atoms with Gasteiger partial charge in [-0.3, -0.25) is 9.20 Å². The number of pyridine rings is 1. The van der Waals surface area contributed by atoms with Gasteiger partial charge < -0.3 is 4.90 Å². The summed E-state index contributed by atoms with van der Waals surface area (Å²) in [5.41, 5.74) is 1.38. The Morgan fingerprint density at radius 3 is 3.06 bits per heavy atom. The molecular weight excluding hydrogens is 228 g/mol. The van der Waals surface area contributed by atoms with Crippen molar-refractivity contribution in [2.24, 2.45) is 0 Å². The van der Waals surface area contributed by atoms with E-state index in [2.05, 4.69) is 22.0 Å². The molecule has 1 atom stereocenters. The number of hydrogen-bond acceptors (Lipinski definition) is 4. The lowest BCUT2D eigenvalue weighted by molar-refractivity contribution is 0.111. The zero-order valence-electron chi connectivity index (χ0n) is 10.4. The van der Waals surface area contributed by atoms with Crippen molar-refractivity contribution in [2.75, 3.05) is 19.6 Å². The van der Waals surface area contributed by atoms with E-state index in [-0.39, 0.29) is 0 Å². The summed E-state index contributed by atoms with van der Waals surface area (Å²) in [4.78, 5) is 13.5. The van der Waals surface area contributed by atoms with Gasteiger partial charge in [0.2, 0.25) is 0 Å². The number of likely N-dealkylation sites (N-methyl/N-ethyl adjacent to an activating group) is 1. The number of rotatable bonds is 3. The second-order valence-electron chi connectivity index (χ2n) is 4.70. The van der Waals surface area contributed by atoms with Crippen molar-refractivity contribution in [2.45, 2.75) is 19.3 Å². The third kappa shape index (κ3) is 1.71. The minimum Gasteiger partial charge on any atom is -0.303 e. The highest BCUT2D eigenvalue weighted by Gasteiger charge is 2.27. The number of aldehydes is 1. The molecule has 0 spiro atoms. The summed E-state index contributed by atoms with van der Waals surface area (Å²) >= 11 is 0. The Morgan fingerprint density at radius 2 is 2.33 bits per heavy atom. The van der Waals surface area contributed by atoms with Crippen LogP contribution in [0.15, 0.2) is 18.2 Å². The van der Waals surface area contributed by atoms with E-state index in [0.717, 1.165) is 43.8 Å². The smallest absolute Gasteiger partial charge is 0.166 e. The van der Waals surface area contributed by atoms with Gasteiger partial charge in [-0.05, 0) is 31.6 Å². The maximum absolute atomic E-state index is 11.1. The predicted octanol–water partition coefficient (Wildman–Crippen LogP) is 1.35. The topological polar surface area (TPSA) is 50.5 Å². The van der Waals surface area contributed by atoms with Crippen LogP contribution in [-0.4, -0.2) is 45.4 Å². The molecule has 2 aromatic rings. The van der Waals surface area contributed by atoms with Crippen LogP contribution in [0.3, 0.4) is 0 Å². The fourth-order valence-electron chi connectivity index (χ4n) is 2.68. The van der Waals surface area contributed by atoms with Crippen molar-refractivity contribution >= 4 is 11.9 Å². The zero-order chi connectivity index (χ0) is 12.5. The highest BCUT2D eigenvalue weighted by molar-refractivity contribution is 5.74. The van der Waals surface area contributed by atoms with Crippen LogP contribution in [0.1, 0.15) is 35.6 Å². The van der Waals surface area contributed by atoms with E-state index in [9.17, 15) is 4.79 Å². The Kier molecular flexibility index (Phi) is 2.83. The number of nitrogens with zero attached hydrogens (tertiary/aromatic N) is 4. The van der Waals surface area contributed by atoms with Gasteiger partial charge in [-0.25, -0.2) is 0 Å². The highest BCUT2D eigenvalue weighted by atomic mass is 16.1. The Balaban J connectivity index is 2.05. The fraction of sp³-hybridized carbons (Fsp3) is 0.462. The first-order valence-corrected chi connectivity index (χ1v) is 6.35. The van der Waals surface area contributed by atoms with Crippen molar-refractivity contribution < 1.29 is 4.79 Å². The molecule has 0 bridgehead atoms. The third-order valence-electron chi connectivity index (χ3n) is 3.69. The average Bonchev–Trinajstić information content (AvgIpc) is 3.03. The Labute approximate surface area is 105 Å². The number of carbonyl (C=O) groups is 1. The lowest BCUT2D eigenvalue weighted by Crippen LogP contribution is -2.20. The number of likely N-dealkylation sites (tertiary alicyclic amines) is 1. The summed E-state index contributed by atoms with van der Waals surface area (Å²) in [5.74, 6) is 1.30. The van der Waals surface area contributed by atoms with Gasteiger partial charge in [-0.2, -0.15) is 0 Å². The average molecular weight is 244 g/mol. The molecule has 1 fully saturated rings. The van der Waals surface area contributed by atoms with E-state index in [1.807, 2.05) is 16.5 Å². The minimum absolute atomic E-state index is 0.376. The SMILES string of the molecule is CCN1CCC(c2nnc3cccc(C=O)n23)C1. The van der Waals surface area contributed by atoms with Gasteiger partial charge in [0, 0.05) is 12.5 Å². The summed E-state index contributed by atoms with van der Waals surface area (Å²) < 4.78 is 1.89. The van der Waals surface area contributed by atoms with Crippen LogP contribution in [0.5, 0.6) is 0 Å². The van der Waals surface area contributed by atoms with Crippen molar-refractivity contribution in [3.05, 3.63) is 29.7 Å². The lowest BCUT2D eigenvalue weighted by atomic mass is 10.1. The standard InChI is InChI=1S/C13H16N4O/c1-2-16-7-6-10(8-16)13-15-14-12-5-3-4-11(9-18)17(12)13/h3-5,9-10H,2,6-8H2,1H3. The van der Waals surface area contributed by atoms with Gasteiger partial charge in [-0.15, -0.1) is 10.2 Å². The third-order valence-corrected chi connectivity index (χ3v) is 3.69. The molecule has 0 amide bonds. The maximum atomic E-state index is 11.1. The fourth-order valence-corrected chi connectivity index (χ4v) is 2.68. The molecule has 1 saturated heterocycles. The largest absolute Gasteiger partial charge is 0.303 e. The van der Waals surface area contributed by atoms with Crippen molar-refractivity contribution in [3.8, 4) is 0 Å². The molecule has 1 aliphatic heterocycles. The Morgan fingerprint density at radius 1 is 1.44 bits per heavy atom. The quantitative estimate of drug-likeness (QED) is 0.765. The molecule has 3 heterocycles. The van der Waals surface area contributed by atoms with E-state index in [1.165, 1.54) is 0 Å². The predicted molar refractivity (Wildman–Crippen MR) is 67.8 cm³/mol. The first-order valence-electron chi connectivity index (χ1n) is 6.35. The van der Waals surface area contributed by atoms with E-state index in [0.29, 0.717) is 11.6 Å². The number of carbonyl (C=O) groups excluding carboxylic acids is 1. The van der Waals surface area contributed by atoms with Gasteiger partial charge in [0.1, 0.15) is 5.82 Å². The van der Waals surface area contributed by atoms with Gasteiger partial charge in [0.25, 0.3) is 0 Å². The van der Waals surface area contributed by atoms with Crippen LogP contribution in [0.4, 0.5) is 0 Å². The summed E-state index contributed by atoms with van der Waals surface area (Å²) in [6.07, 6.45) is 1.95. The molecule has 5 heteroatoms. The van der Waals surface area contributed by atoms with Crippen molar-refractivity contribution in [3.63, 3.8) is 0 Å². The molecule has 0 saturated carbocycles. The normalized spacial score (nSPS) is 20.6. The molecule has 2 aromatic heterocycles. The molecule has 1 aliphatic rings. The number of hydrogen-bond donors (Lipinski definition) is 0. The summed E-state index contributed by atoms with van der Waals surface area (Å²) in [6.45, 7) is 5.33. The molecule has 0 radical (unpaired) electrons. The molecule has 3 rings (SSSR count). The molecule has 1 unspecified atom stereocenters. The van der Waals surface area contributed by atoms with Gasteiger partial charge in [0.15, 0.2) is 11.9 Å². The van der Waals surface area contributed by atoms with E-state index in [1.54, 1.807) is 6.07 Å². The summed E-state index contributed by atoms with van der Waals surface area (Å²) in [7, 11) is 0. The maximum Gasteiger partial charge on any atom is 0.166 e. The molecule has 0 aliphatic carbocycles. The minimum atomic E-state index is 0.376. The van der Waals surface area contributed by atoms with Gasteiger partial charge in [0.05, 0.1) is 5.69 Å². The van der Waals surface area contributed by atoms with E-state index < -0.39 is 0 Å². The van der Waals surface area contributed by atoms with Crippen LogP contribution in [0.25, 0.3) is 5.65 Å². The van der Waals surface area contributed by atoms with Crippen molar-refractivity contribution in [1.29, 1.82) is 0 Å². The van der Waals surface area contributed by atoms with Crippen LogP contribution in [0, 0.1) is 0 Å². The first-order chi connectivity index (χ1) is 8.83. The van der Waals surface area contributed by atoms with Crippen LogP contribution in [0.2, 0.25) is 0 Å². The van der Waals surface area contributed by atoms with Gasteiger partial charge in [-0.1, -0.05) is 13.0 Å². The molecular formula is C13H16N4O. The van der Waals surface area contributed by atoms with E-state index >= 15 is 0 Å². The highest BCUT2D eigenvalue weighted by Crippen LogP contribution is 2.26. The monoisotopic (exact) mass is 244 g/mol.